The van der Waals surface area contributed by atoms with Gasteiger partial charge in [-0.05, 0) is 42.7 Å². The molecule has 0 bridgehead atoms. The number of hydrogen-bond acceptors (Lipinski definition) is 6. The first-order valence-corrected chi connectivity index (χ1v) is 10.5. The van der Waals surface area contributed by atoms with Crippen LogP contribution in [-0.2, 0) is 23.1 Å². The highest BCUT2D eigenvalue weighted by molar-refractivity contribution is 7.87. The first-order chi connectivity index (χ1) is 13.9. The van der Waals surface area contributed by atoms with Crippen LogP contribution in [0.5, 0.6) is 11.5 Å². The van der Waals surface area contributed by atoms with Crippen LogP contribution in [0, 0.1) is 0 Å². The van der Waals surface area contributed by atoms with E-state index in [9.17, 15) is 13.2 Å². The van der Waals surface area contributed by atoms with E-state index in [4.69, 9.17) is 8.92 Å². The van der Waals surface area contributed by atoms with Crippen molar-refractivity contribution < 1.29 is 22.1 Å². The second-order valence-electron chi connectivity index (χ2n) is 6.35. The van der Waals surface area contributed by atoms with Crippen LogP contribution in [0.1, 0.15) is 35.3 Å². The molecule has 0 N–H and O–H groups in total. The maximum atomic E-state index is 12.6. The standard InChI is InChI=1S/C22H21NO5S/c1-3-18-13-19(16(2)24)21(28-29(25,26)22-11-7-8-12-23-22)14-20(18)27-15-17-9-5-4-6-10-17/h4-14H,3,15H2,1-2H3. The maximum absolute atomic E-state index is 12.6. The Morgan fingerprint density at radius 1 is 1.00 bits per heavy atom. The van der Waals surface area contributed by atoms with Crippen molar-refractivity contribution >= 4 is 15.9 Å². The molecular formula is C22H21NO5S. The fourth-order valence-corrected chi connectivity index (χ4v) is 3.65. The minimum absolute atomic E-state index is 0.0802. The molecule has 0 fully saturated rings. The van der Waals surface area contributed by atoms with Crippen LogP contribution in [0.4, 0.5) is 0 Å². The van der Waals surface area contributed by atoms with E-state index >= 15 is 0 Å². The van der Waals surface area contributed by atoms with Crippen LogP contribution < -0.4 is 8.92 Å². The Balaban J connectivity index is 1.97. The van der Waals surface area contributed by atoms with Crippen LogP contribution in [0.2, 0.25) is 0 Å². The minimum Gasteiger partial charge on any atom is -0.488 e. The van der Waals surface area contributed by atoms with Crippen molar-refractivity contribution in [2.75, 3.05) is 0 Å². The van der Waals surface area contributed by atoms with Gasteiger partial charge in [0.25, 0.3) is 0 Å². The molecule has 0 unspecified atom stereocenters. The summed E-state index contributed by atoms with van der Waals surface area (Å²) < 4.78 is 36.4. The van der Waals surface area contributed by atoms with Gasteiger partial charge in [-0.3, -0.25) is 4.79 Å². The predicted octanol–water partition coefficient (Wildman–Crippen LogP) is 4.19. The average molecular weight is 411 g/mol. The van der Waals surface area contributed by atoms with E-state index in [2.05, 4.69) is 4.98 Å². The van der Waals surface area contributed by atoms with E-state index in [1.54, 1.807) is 18.2 Å². The quantitative estimate of drug-likeness (QED) is 0.408. The third-order valence-corrected chi connectivity index (χ3v) is 5.41. The summed E-state index contributed by atoms with van der Waals surface area (Å²) in [5, 5.41) is -0.235. The number of hydrogen-bond donors (Lipinski definition) is 0. The summed E-state index contributed by atoms with van der Waals surface area (Å²) in [5.41, 5.74) is 1.93. The number of carbonyl (C=O) groups excluding carboxylic acids is 1. The maximum Gasteiger partial charge on any atom is 0.356 e. The van der Waals surface area contributed by atoms with E-state index in [0.29, 0.717) is 18.8 Å². The summed E-state index contributed by atoms with van der Waals surface area (Å²) in [6.07, 6.45) is 1.97. The largest absolute Gasteiger partial charge is 0.488 e. The van der Waals surface area contributed by atoms with Crippen molar-refractivity contribution in [1.82, 2.24) is 4.98 Å². The van der Waals surface area contributed by atoms with Crippen molar-refractivity contribution in [3.8, 4) is 11.5 Å². The fourth-order valence-electron chi connectivity index (χ4n) is 2.75. The molecule has 3 rings (SSSR count). The Kier molecular flexibility index (Phi) is 6.29. The molecular weight excluding hydrogens is 390 g/mol. The summed E-state index contributed by atoms with van der Waals surface area (Å²) >= 11 is 0. The van der Waals surface area contributed by atoms with E-state index in [1.807, 2.05) is 37.3 Å². The van der Waals surface area contributed by atoms with Crippen LogP contribution in [0.3, 0.4) is 0 Å². The van der Waals surface area contributed by atoms with Crippen molar-refractivity contribution in [2.45, 2.75) is 31.9 Å². The lowest BCUT2D eigenvalue weighted by Crippen LogP contribution is -2.14. The smallest absolute Gasteiger partial charge is 0.356 e. The lowest BCUT2D eigenvalue weighted by Gasteiger charge is -2.16. The van der Waals surface area contributed by atoms with Gasteiger partial charge in [-0.2, -0.15) is 8.42 Å². The van der Waals surface area contributed by atoms with Gasteiger partial charge in [-0.25, -0.2) is 4.98 Å². The predicted molar refractivity (Wildman–Crippen MR) is 109 cm³/mol. The lowest BCUT2D eigenvalue weighted by atomic mass is 10.0. The first-order valence-electron chi connectivity index (χ1n) is 9.11. The SMILES string of the molecule is CCc1cc(C(C)=O)c(OS(=O)(=O)c2ccccn2)cc1OCc1ccccc1. The molecule has 1 aromatic heterocycles. The van der Waals surface area contributed by atoms with Crippen molar-refractivity contribution in [3.63, 3.8) is 0 Å². The molecule has 0 saturated heterocycles. The average Bonchev–Trinajstić information content (AvgIpc) is 2.73. The number of ketones is 1. The molecule has 29 heavy (non-hydrogen) atoms. The zero-order valence-corrected chi connectivity index (χ0v) is 17.0. The number of carbonyl (C=O) groups is 1. The Morgan fingerprint density at radius 3 is 2.34 bits per heavy atom. The topological polar surface area (TPSA) is 82.6 Å². The molecule has 3 aromatic rings. The van der Waals surface area contributed by atoms with Gasteiger partial charge in [-0.15, -0.1) is 0 Å². The molecule has 150 valence electrons. The Bertz CT molecular complexity index is 1100. The lowest BCUT2D eigenvalue weighted by molar-refractivity contribution is 0.101. The fraction of sp³-hybridized carbons (Fsp3) is 0.182. The molecule has 0 amide bonds. The van der Waals surface area contributed by atoms with Gasteiger partial charge in [0.2, 0.25) is 0 Å². The Morgan fingerprint density at radius 2 is 1.72 bits per heavy atom. The van der Waals surface area contributed by atoms with Gasteiger partial charge in [0.05, 0.1) is 5.56 Å². The van der Waals surface area contributed by atoms with Crippen LogP contribution in [-0.4, -0.2) is 19.2 Å². The molecule has 0 aliphatic rings. The third-order valence-electron chi connectivity index (χ3n) is 4.25. The number of nitrogens with zero attached hydrogens (tertiary/aromatic N) is 1. The first kappa shape index (κ1) is 20.5. The van der Waals surface area contributed by atoms with Crippen LogP contribution in [0.25, 0.3) is 0 Å². The van der Waals surface area contributed by atoms with Gasteiger partial charge >= 0.3 is 10.1 Å². The van der Waals surface area contributed by atoms with Crippen molar-refractivity contribution in [1.29, 1.82) is 0 Å². The number of rotatable bonds is 8. The van der Waals surface area contributed by atoms with Gasteiger partial charge < -0.3 is 8.92 Å². The number of aryl methyl sites for hydroxylation is 1. The van der Waals surface area contributed by atoms with Crippen LogP contribution in [0.15, 0.2) is 71.9 Å². The third kappa shape index (κ3) is 5.00. The normalized spacial score (nSPS) is 11.1. The summed E-state index contributed by atoms with van der Waals surface area (Å²) in [6.45, 7) is 3.60. The van der Waals surface area contributed by atoms with E-state index < -0.39 is 10.1 Å². The van der Waals surface area contributed by atoms with Gasteiger partial charge in [0.15, 0.2) is 16.6 Å². The molecule has 0 aliphatic heterocycles. The number of pyridine rings is 1. The molecule has 6 nitrogen and oxygen atoms in total. The van der Waals surface area contributed by atoms with Crippen molar-refractivity contribution in [2.24, 2.45) is 0 Å². The van der Waals surface area contributed by atoms with Crippen molar-refractivity contribution in [3.05, 3.63) is 83.6 Å². The summed E-state index contributed by atoms with van der Waals surface area (Å²) in [5.74, 6) is 0.0801. The number of benzene rings is 2. The molecule has 7 heteroatoms. The Labute approximate surface area is 170 Å². The van der Waals surface area contributed by atoms with Crippen LogP contribution >= 0.6 is 0 Å². The summed E-state index contributed by atoms with van der Waals surface area (Å²) in [6, 6.07) is 17.1. The number of ether oxygens (including phenoxy) is 1. The highest BCUT2D eigenvalue weighted by Crippen LogP contribution is 2.32. The zero-order chi connectivity index (χ0) is 20.9. The molecule has 2 aromatic carbocycles. The van der Waals surface area contributed by atoms with E-state index in [-0.39, 0.29) is 22.1 Å². The second kappa shape index (κ2) is 8.87. The molecule has 1 heterocycles. The number of Topliss-reactive ketones (excluding diaryl/α,β-unsaturated/α-hetero) is 1. The number of aromatic nitrogens is 1. The molecule has 0 saturated carbocycles. The molecule has 0 spiro atoms. The monoisotopic (exact) mass is 411 g/mol. The second-order valence-corrected chi connectivity index (χ2v) is 7.84. The van der Waals surface area contributed by atoms with Gasteiger partial charge in [-0.1, -0.05) is 43.3 Å². The zero-order valence-electron chi connectivity index (χ0n) is 16.2. The summed E-state index contributed by atoms with van der Waals surface area (Å²) in [7, 11) is -4.19. The summed E-state index contributed by atoms with van der Waals surface area (Å²) in [4.78, 5) is 15.9. The minimum atomic E-state index is -4.19. The van der Waals surface area contributed by atoms with Gasteiger partial charge in [0.1, 0.15) is 12.4 Å². The molecule has 0 aliphatic carbocycles. The van der Waals surface area contributed by atoms with Gasteiger partial charge in [0, 0.05) is 12.3 Å². The Hall–Kier alpha value is -3.19. The van der Waals surface area contributed by atoms with E-state index in [0.717, 1.165) is 11.1 Å². The highest BCUT2D eigenvalue weighted by Gasteiger charge is 2.23. The molecule has 0 atom stereocenters. The molecule has 0 radical (unpaired) electrons. The van der Waals surface area contributed by atoms with E-state index in [1.165, 1.54) is 25.3 Å². The highest BCUT2D eigenvalue weighted by atomic mass is 32.2.